The van der Waals surface area contributed by atoms with Crippen molar-refractivity contribution in [1.82, 2.24) is 14.3 Å². The Kier molecular flexibility index (Phi) is 5.83. The van der Waals surface area contributed by atoms with Gasteiger partial charge < -0.3 is 10.1 Å². The molecule has 0 unspecified atom stereocenters. The Hall–Kier alpha value is -3.19. The van der Waals surface area contributed by atoms with Gasteiger partial charge in [0, 0.05) is 12.1 Å². The number of para-hydroxylation sites is 2. The summed E-state index contributed by atoms with van der Waals surface area (Å²) in [5, 5.41) is 7.40. The van der Waals surface area contributed by atoms with Gasteiger partial charge in [-0.2, -0.15) is 5.10 Å². The normalized spacial score (nSPS) is 10.4. The lowest BCUT2D eigenvalue weighted by Gasteiger charge is -2.09. The van der Waals surface area contributed by atoms with E-state index in [1.807, 2.05) is 47.0 Å². The molecule has 0 spiro atoms. The minimum absolute atomic E-state index is 0.000852. The van der Waals surface area contributed by atoms with Crippen LogP contribution in [0.5, 0.6) is 5.75 Å². The summed E-state index contributed by atoms with van der Waals surface area (Å²) in [6.45, 7) is 4.29. The Balaban J connectivity index is 1.88. The summed E-state index contributed by atoms with van der Waals surface area (Å²) in [6.07, 6.45) is 1.75. The molecular formula is C20H20N4O2S. The van der Waals surface area contributed by atoms with Crippen LogP contribution >= 0.6 is 12.2 Å². The monoisotopic (exact) mass is 380 g/mol. The summed E-state index contributed by atoms with van der Waals surface area (Å²) >= 11 is 5.52. The van der Waals surface area contributed by atoms with Crippen molar-refractivity contribution in [2.75, 3.05) is 12.4 Å². The number of rotatable bonds is 7. The predicted molar refractivity (Wildman–Crippen MR) is 108 cm³/mol. The maximum absolute atomic E-state index is 12.5. The number of carbonyl (C=O) groups is 1. The van der Waals surface area contributed by atoms with Gasteiger partial charge in [-0.05, 0) is 24.4 Å². The molecule has 0 bridgehead atoms. The maximum atomic E-state index is 12.5. The van der Waals surface area contributed by atoms with E-state index in [9.17, 15) is 4.79 Å². The van der Waals surface area contributed by atoms with Crippen LogP contribution < -0.4 is 10.1 Å². The van der Waals surface area contributed by atoms with Crippen LogP contribution in [0.15, 0.2) is 67.3 Å². The van der Waals surface area contributed by atoms with Gasteiger partial charge in [0.25, 0.3) is 0 Å². The first-order chi connectivity index (χ1) is 13.1. The Labute approximate surface area is 162 Å². The molecule has 0 fully saturated rings. The highest BCUT2D eigenvalue weighted by Crippen LogP contribution is 2.23. The minimum atomic E-state index is -0.238. The highest BCUT2D eigenvalue weighted by atomic mass is 32.1. The summed E-state index contributed by atoms with van der Waals surface area (Å²) in [5.41, 5.74) is 1.53. The standard InChI is InChI=1S/C20H20N4O2S/c1-3-13-23-19(15-9-5-4-6-10-15)22-24(20(23)27)14-18(25)21-16-11-7-8-12-17(16)26-2/h3-12H,1,13-14H2,2H3,(H,21,25). The number of ether oxygens (including phenoxy) is 1. The number of benzene rings is 2. The van der Waals surface area contributed by atoms with E-state index in [0.29, 0.717) is 28.6 Å². The van der Waals surface area contributed by atoms with E-state index in [1.165, 1.54) is 4.68 Å². The molecule has 1 N–H and O–H groups in total. The van der Waals surface area contributed by atoms with Gasteiger partial charge in [0.2, 0.25) is 5.91 Å². The average molecular weight is 380 g/mol. The van der Waals surface area contributed by atoms with Gasteiger partial charge in [-0.15, -0.1) is 6.58 Å². The smallest absolute Gasteiger partial charge is 0.246 e. The molecule has 0 saturated carbocycles. The minimum Gasteiger partial charge on any atom is -0.495 e. The third kappa shape index (κ3) is 4.15. The van der Waals surface area contributed by atoms with Gasteiger partial charge in [0.05, 0.1) is 12.8 Å². The van der Waals surface area contributed by atoms with Crippen molar-refractivity contribution in [1.29, 1.82) is 0 Å². The second-order valence-electron chi connectivity index (χ2n) is 5.78. The van der Waals surface area contributed by atoms with Crippen LogP contribution in [0.1, 0.15) is 0 Å². The summed E-state index contributed by atoms with van der Waals surface area (Å²) in [6, 6.07) is 17.0. The van der Waals surface area contributed by atoms with Crippen molar-refractivity contribution in [2.24, 2.45) is 0 Å². The fourth-order valence-electron chi connectivity index (χ4n) is 2.71. The van der Waals surface area contributed by atoms with E-state index in [2.05, 4.69) is 17.0 Å². The highest BCUT2D eigenvalue weighted by Gasteiger charge is 2.15. The van der Waals surface area contributed by atoms with Crippen molar-refractivity contribution in [3.8, 4) is 17.1 Å². The van der Waals surface area contributed by atoms with Crippen molar-refractivity contribution < 1.29 is 9.53 Å². The number of nitrogens with zero attached hydrogens (tertiary/aromatic N) is 3. The number of allylic oxidation sites excluding steroid dienone is 1. The molecule has 0 aliphatic heterocycles. The molecule has 27 heavy (non-hydrogen) atoms. The molecule has 0 atom stereocenters. The molecule has 6 nitrogen and oxygen atoms in total. The number of amides is 1. The summed E-state index contributed by atoms with van der Waals surface area (Å²) in [4.78, 5) is 12.5. The number of nitrogens with one attached hydrogen (secondary N) is 1. The quantitative estimate of drug-likeness (QED) is 0.499. The van der Waals surface area contributed by atoms with Crippen LogP contribution in [0, 0.1) is 4.77 Å². The molecule has 2 aromatic carbocycles. The number of hydrogen-bond acceptors (Lipinski definition) is 4. The van der Waals surface area contributed by atoms with Gasteiger partial charge in [-0.25, -0.2) is 4.68 Å². The second kappa shape index (κ2) is 8.46. The molecule has 3 rings (SSSR count). The molecule has 1 amide bonds. The van der Waals surface area contributed by atoms with Gasteiger partial charge in [-0.3, -0.25) is 9.36 Å². The molecule has 7 heteroatoms. The molecule has 0 saturated heterocycles. The molecule has 0 radical (unpaired) electrons. The van der Waals surface area contributed by atoms with Crippen LogP contribution in [0.3, 0.4) is 0 Å². The zero-order valence-electron chi connectivity index (χ0n) is 15.0. The zero-order chi connectivity index (χ0) is 19.2. The second-order valence-corrected chi connectivity index (χ2v) is 6.14. The van der Waals surface area contributed by atoms with E-state index in [4.69, 9.17) is 17.0 Å². The van der Waals surface area contributed by atoms with E-state index >= 15 is 0 Å². The number of carbonyl (C=O) groups excluding carboxylic acids is 1. The highest BCUT2D eigenvalue weighted by molar-refractivity contribution is 7.71. The van der Waals surface area contributed by atoms with E-state index < -0.39 is 0 Å². The Morgan fingerprint density at radius 3 is 2.63 bits per heavy atom. The van der Waals surface area contributed by atoms with Crippen LogP contribution in [-0.2, 0) is 17.9 Å². The largest absolute Gasteiger partial charge is 0.495 e. The third-order valence-electron chi connectivity index (χ3n) is 3.94. The first-order valence-electron chi connectivity index (χ1n) is 8.41. The first kappa shape index (κ1) is 18.6. The van der Waals surface area contributed by atoms with Crippen LogP contribution in [-0.4, -0.2) is 27.4 Å². The van der Waals surface area contributed by atoms with Crippen molar-refractivity contribution in [3.05, 3.63) is 72.0 Å². The molecule has 3 aromatic rings. The first-order valence-corrected chi connectivity index (χ1v) is 8.81. The van der Waals surface area contributed by atoms with Crippen LogP contribution in [0.2, 0.25) is 0 Å². The number of hydrogen-bond donors (Lipinski definition) is 1. The van der Waals surface area contributed by atoms with E-state index in [1.54, 1.807) is 25.3 Å². The van der Waals surface area contributed by atoms with Crippen LogP contribution in [0.25, 0.3) is 11.4 Å². The Morgan fingerprint density at radius 1 is 1.22 bits per heavy atom. The van der Waals surface area contributed by atoms with Crippen molar-refractivity contribution >= 4 is 23.8 Å². The summed E-state index contributed by atoms with van der Waals surface area (Å²) in [7, 11) is 1.56. The van der Waals surface area contributed by atoms with E-state index in [0.717, 1.165) is 5.56 Å². The van der Waals surface area contributed by atoms with Gasteiger partial charge in [0.15, 0.2) is 10.6 Å². The maximum Gasteiger partial charge on any atom is 0.246 e. The molecule has 138 valence electrons. The van der Waals surface area contributed by atoms with E-state index in [-0.39, 0.29) is 12.5 Å². The lowest BCUT2D eigenvalue weighted by Crippen LogP contribution is -2.20. The SMILES string of the molecule is C=CCn1c(-c2ccccc2)nn(CC(=O)Nc2ccccc2OC)c1=S. The average Bonchev–Trinajstić information content (AvgIpc) is 2.99. The van der Waals surface area contributed by atoms with Crippen LogP contribution in [0.4, 0.5) is 5.69 Å². The van der Waals surface area contributed by atoms with Gasteiger partial charge in [0.1, 0.15) is 12.3 Å². The lowest BCUT2D eigenvalue weighted by molar-refractivity contribution is -0.116. The molecule has 1 heterocycles. The molecule has 0 aliphatic carbocycles. The third-order valence-corrected chi connectivity index (χ3v) is 4.37. The number of anilines is 1. The van der Waals surface area contributed by atoms with Crippen molar-refractivity contribution in [2.45, 2.75) is 13.1 Å². The predicted octanol–water partition coefficient (Wildman–Crippen LogP) is 3.91. The lowest BCUT2D eigenvalue weighted by atomic mass is 10.2. The molecule has 1 aromatic heterocycles. The summed E-state index contributed by atoms with van der Waals surface area (Å²) < 4.78 is 9.10. The van der Waals surface area contributed by atoms with Gasteiger partial charge >= 0.3 is 0 Å². The Morgan fingerprint density at radius 2 is 1.93 bits per heavy atom. The summed E-state index contributed by atoms with van der Waals surface area (Å²) in [5.74, 6) is 1.06. The van der Waals surface area contributed by atoms with Gasteiger partial charge in [-0.1, -0.05) is 48.5 Å². The number of aromatic nitrogens is 3. The Bertz CT molecular complexity index is 1010. The molecular weight excluding hydrogens is 360 g/mol. The topological polar surface area (TPSA) is 61.1 Å². The number of methoxy groups -OCH3 is 1. The zero-order valence-corrected chi connectivity index (χ0v) is 15.8. The molecule has 0 aliphatic rings. The van der Waals surface area contributed by atoms with Crippen molar-refractivity contribution in [3.63, 3.8) is 0 Å². The fourth-order valence-corrected chi connectivity index (χ4v) is 2.98. The fraction of sp³-hybridized carbons (Fsp3) is 0.150.